The number of hydrogen-bond acceptors (Lipinski definition) is 3. The van der Waals surface area contributed by atoms with Gasteiger partial charge in [0.25, 0.3) is 0 Å². The standard InChI is InChI=1S/C21H20N2O4/c24-19-9-8-17-16-10-14(13-4-2-1-3-5-13)6-7-15(16)11-18(23(17)19)21(27)22-12-20(25)26/h1-7,10,17-18H,8-9,11-12H2,(H,22,27)(H,25,26)/t17-,18+/m1/s1. The van der Waals surface area contributed by atoms with Gasteiger partial charge in [0.1, 0.15) is 12.6 Å². The van der Waals surface area contributed by atoms with Crippen LogP contribution in [0.4, 0.5) is 0 Å². The van der Waals surface area contributed by atoms with Gasteiger partial charge >= 0.3 is 5.97 Å². The second-order valence-electron chi connectivity index (χ2n) is 6.97. The van der Waals surface area contributed by atoms with E-state index in [-0.39, 0.29) is 11.9 Å². The minimum Gasteiger partial charge on any atom is -0.480 e. The van der Waals surface area contributed by atoms with Crippen LogP contribution in [0.5, 0.6) is 0 Å². The number of fused-ring (bicyclic) bond motifs is 3. The third-order valence-electron chi connectivity index (χ3n) is 5.33. The molecule has 2 aromatic carbocycles. The first kappa shape index (κ1) is 17.3. The smallest absolute Gasteiger partial charge is 0.322 e. The summed E-state index contributed by atoms with van der Waals surface area (Å²) in [6, 6.07) is 15.4. The number of amides is 2. The number of carboxylic acid groups (broad SMARTS) is 1. The Morgan fingerprint density at radius 1 is 1.11 bits per heavy atom. The van der Waals surface area contributed by atoms with Crippen LogP contribution < -0.4 is 5.32 Å². The minimum atomic E-state index is -1.10. The molecule has 1 fully saturated rings. The molecule has 2 aliphatic heterocycles. The molecule has 0 saturated carbocycles. The van der Waals surface area contributed by atoms with Gasteiger partial charge in [0.2, 0.25) is 11.8 Å². The summed E-state index contributed by atoms with van der Waals surface area (Å²) >= 11 is 0. The highest BCUT2D eigenvalue weighted by molar-refractivity contribution is 5.91. The van der Waals surface area contributed by atoms with Crippen molar-refractivity contribution >= 4 is 17.8 Å². The van der Waals surface area contributed by atoms with Gasteiger partial charge < -0.3 is 15.3 Å². The van der Waals surface area contributed by atoms with Gasteiger partial charge in [0, 0.05) is 12.8 Å². The summed E-state index contributed by atoms with van der Waals surface area (Å²) in [6.45, 7) is -0.443. The molecule has 2 aliphatic rings. The number of nitrogens with zero attached hydrogens (tertiary/aromatic N) is 1. The van der Waals surface area contributed by atoms with Crippen LogP contribution in [0.25, 0.3) is 11.1 Å². The Morgan fingerprint density at radius 3 is 2.63 bits per heavy atom. The average Bonchev–Trinajstić information content (AvgIpc) is 3.08. The molecule has 0 aliphatic carbocycles. The fraction of sp³-hybridized carbons (Fsp3) is 0.286. The zero-order valence-electron chi connectivity index (χ0n) is 14.7. The Bertz CT molecular complexity index is 910. The SMILES string of the molecule is O=C(O)CNC(=O)[C@@H]1Cc2ccc(-c3ccccc3)cc2[C@H]2CCC(=O)N21. The molecule has 0 unspecified atom stereocenters. The van der Waals surface area contributed by atoms with Crippen LogP contribution in [0.1, 0.15) is 30.0 Å². The first-order valence-corrected chi connectivity index (χ1v) is 9.03. The molecule has 2 atom stereocenters. The molecule has 0 spiro atoms. The number of nitrogens with one attached hydrogen (secondary N) is 1. The lowest BCUT2D eigenvalue weighted by Gasteiger charge is -2.38. The van der Waals surface area contributed by atoms with E-state index >= 15 is 0 Å². The molecule has 4 rings (SSSR count). The van der Waals surface area contributed by atoms with Crippen molar-refractivity contribution in [2.75, 3.05) is 6.54 Å². The molecule has 2 amide bonds. The topological polar surface area (TPSA) is 86.7 Å². The summed E-state index contributed by atoms with van der Waals surface area (Å²) in [5.41, 5.74) is 4.32. The number of carbonyl (C=O) groups is 3. The van der Waals surface area contributed by atoms with Gasteiger partial charge in [-0.3, -0.25) is 14.4 Å². The predicted molar refractivity (Wildman–Crippen MR) is 98.8 cm³/mol. The van der Waals surface area contributed by atoms with E-state index in [1.807, 2.05) is 42.5 Å². The van der Waals surface area contributed by atoms with Crippen LogP contribution in [0.3, 0.4) is 0 Å². The van der Waals surface area contributed by atoms with Gasteiger partial charge in [-0.05, 0) is 34.7 Å². The number of carboxylic acids is 1. The Kier molecular flexibility index (Phi) is 4.39. The molecule has 0 radical (unpaired) electrons. The Balaban J connectivity index is 1.68. The largest absolute Gasteiger partial charge is 0.480 e. The first-order valence-electron chi connectivity index (χ1n) is 9.03. The monoisotopic (exact) mass is 364 g/mol. The molecule has 2 aromatic rings. The molecule has 6 heteroatoms. The van der Waals surface area contributed by atoms with Crippen molar-refractivity contribution in [1.29, 1.82) is 0 Å². The van der Waals surface area contributed by atoms with Crippen LogP contribution >= 0.6 is 0 Å². The first-order chi connectivity index (χ1) is 13.0. The lowest BCUT2D eigenvalue weighted by Crippen LogP contribution is -2.52. The van der Waals surface area contributed by atoms with E-state index in [2.05, 4.69) is 11.4 Å². The Labute approximate surface area is 156 Å². The summed E-state index contributed by atoms with van der Waals surface area (Å²) in [5.74, 6) is -1.56. The molecule has 2 heterocycles. The van der Waals surface area contributed by atoms with E-state index < -0.39 is 24.5 Å². The number of benzene rings is 2. The van der Waals surface area contributed by atoms with Crippen molar-refractivity contribution in [3.05, 3.63) is 59.7 Å². The quantitative estimate of drug-likeness (QED) is 0.870. The van der Waals surface area contributed by atoms with Gasteiger partial charge in [0.05, 0.1) is 6.04 Å². The molecule has 0 bridgehead atoms. The predicted octanol–water partition coefficient (Wildman–Crippen LogP) is 2.14. The van der Waals surface area contributed by atoms with Crippen LogP contribution in [0.2, 0.25) is 0 Å². The number of carbonyl (C=O) groups excluding carboxylic acids is 2. The van der Waals surface area contributed by atoms with E-state index in [1.165, 1.54) is 0 Å². The van der Waals surface area contributed by atoms with Crippen molar-refractivity contribution in [3.8, 4) is 11.1 Å². The Hall–Kier alpha value is -3.15. The normalized spacial score (nSPS) is 20.7. The average molecular weight is 364 g/mol. The highest BCUT2D eigenvalue weighted by atomic mass is 16.4. The fourth-order valence-electron chi connectivity index (χ4n) is 4.11. The molecule has 1 saturated heterocycles. The third-order valence-corrected chi connectivity index (χ3v) is 5.33. The molecule has 138 valence electrons. The van der Waals surface area contributed by atoms with Gasteiger partial charge in [-0.1, -0.05) is 42.5 Å². The van der Waals surface area contributed by atoms with Crippen molar-refractivity contribution in [1.82, 2.24) is 10.2 Å². The van der Waals surface area contributed by atoms with Crippen molar-refractivity contribution in [2.45, 2.75) is 31.3 Å². The molecular formula is C21H20N2O4. The van der Waals surface area contributed by atoms with E-state index in [1.54, 1.807) is 4.90 Å². The van der Waals surface area contributed by atoms with Gasteiger partial charge in [-0.2, -0.15) is 0 Å². The van der Waals surface area contributed by atoms with Crippen LogP contribution in [0.15, 0.2) is 48.5 Å². The summed E-state index contributed by atoms with van der Waals surface area (Å²) in [7, 11) is 0. The number of rotatable bonds is 4. The highest BCUT2D eigenvalue weighted by Gasteiger charge is 2.44. The molecular weight excluding hydrogens is 344 g/mol. The van der Waals surface area contributed by atoms with E-state index in [9.17, 15) is 14.4 Å². The highest BCUT2D eigenvalue weighted by Crippen LogP contribution is 2.42. The van der Waals surface area contributed by atoms with Crippen LogP contribution in [-0.2, 0) is 20.8 Å². The zero-order chi connectivity index (χ0) is 19.0. The number of hydrogen-bond donors (Lipinski definition) is 2. The summed E-state index contributed by atoms with van der Waals surface area (Å²) < 4.78 is 0. The second-order valence-corrected chi connectivity index (χ2v) is 6.97. The second kappa shape index (κ2) is 6.87. The summed E-state index contributed by atoms with van der Waals surface area (Å²) in [4.78, 5) is 37.4. The zero-order valence-corrected chi connectivity index (χ0v) is 14.7. The third kappa shape index (κ3) is 3.18. The van der Waals surface area contributed by atoms with Gasteiger partial charge in [-0.25, -0.2) is 0 Å². The molecule has 6 nitrogen and oxygen atoms in total. The number of aliphatic carboxylic acids is 1. The molecule has 27 heavy (non-hydrogen) atoms. The van der Waals surface area contributed by atoms with Gasteiger partial charge in [0.15, 0.2) is 0 Å². The summed E-state index contributed by atoms with van der Waals surface area (Å²) in [6.07, 6.45) is 1.48. The lowest BCUT2D eigenvalue weighted by atomic mass is 9.86. The molecule has 0 aromatic heterocycles. The minimum absolute atomic E-state index is 0.0498. The van der Waals surface area contributed by atoms with Crippen LogP contribution in [0, 0.1) is 0 Å². The maximum Gasteiger partial charge on any atom is 0.322 e. The lowest BCUT2D eigenvalue weighted by molar-refractivity contribution is -0.142. The van der Waals surface area contributed by atoms with Gasteiger partial charge in [-0.15, -0.1) is 0 Å². The summed E-state index contributed by atoms with van der Waals surface area (Å²) in [5, 5.41) is 11.2. The Morgan fingerprint density at radius 2 is 1.89 bits per heavy atom. The van der Waals surface area contributed by atoms with Crippen molar-refractivity contribution in [3.63, 3.8) is 0 Å². The van der Waals surface area contributed by atoms with E-state index in [0.717, 1.165) is 22.3 Å². The van der Waals surface area contributed by atoms with Crippen molar-refractivity contribution < 1.29 is 19.5 Å². The maximum atomic E-state index is 12.5. The maximum absolute atomic E-state index is 12.5. The van der Waals surface area contributed by atoms with Crippen molar-refractivity contribution in [2.24, 2.45) is 0 Å². The van der Waals surface area contributed by atoms with E-state index in [4.69, 9.17) is 5.11 Å². The fourth-order valence-corrected chi connectivity index (χ4v) is 4.11. The van der Waals surface area contributed by atoms with E-state index in [0.29, 0.717) is 19.3 Å². The molecule has 2 N–H and O–H groups in total. The van der Waals surface area contributed by atoms with Crippen LogP contribution in [-0.4, -0.2) is 40.4 Å².